The Bertz CT molecular complexity index is 496. The fourth-order valence-electron chi connectivity index (χ4n) is 4.01. The van der Waals surface area contributed by atoms with E-state index in [1.807, 2.05) is 0 Å². The first-order chi connectivity index (χ1) is 9.14. The van der Waals surface area contributed by atoms with Crippen LogP contribution < -0.4 is 5.32 Å². The molecule has 0 saturated heterocycles. The maximum atomic E-state index is 5.01. The van der Waals surface area contributed by atoms with Crippen LogP contribution in [0.15, 0.2) is 0 Å². The van der Waals surface area contributed by atoms with Gasteiger partial charge in [0.05, 0.1) is 5.69 Å². The molecule has 0 radical (unpaired) electrons. The first kappa shape index (κ1) is 12.0. The third-order valence-electron chi connectivity index (χ3n) is 5.20. The van der Waals surface area contributed by atoms with Crippen molar-refractivity contribution in [3.05, 3.63) is 17.2 Å². The summed E-state index contributed by atoms with van der Waals surface area (Å²) < 4.78 is 2.68. The SMILES string of the molecule is CC1(C)CCC(n2c(C3CC3)nc3c2CCNC3)C1. The summed E-state index contributed by atoms with van der Waals surface area (Å²) in [6, 6.07) is 0.722. The molecule has 2 fully saturated rings. The molecule has 1 aliphatic heterocycles. The minimum atomic E-state index is 0.523. The van der Waals surface area contributed by atoms with Crippen molar-refractivity contribution in [3.63, 3.8) is 0 Å². The Balaban J connectivity index is 1.75. The summed E-state index contributed by atoms with van der Waals surface area (Å²) in [5, 5.41) is 3.47. The molecule has 0 aromatic carbocycles. The third-order valence-corrected chi connectivity index (χ3v) is 5.20. The van der Waals surface area contributed by atoms with Crippen molar-refractivity contribution in [1.29, 1.82) is 0 Å². The zero-order chi connectivity index (χ0) is 13.0. The van der Waals surface area contributed by atoms with Crippen LogP contribution in [0.4, 0.5) is 0 Å². The van der Waals surface area contributed by atoms with Gasteiger partial charge in [-0.05, 0) is 37.5 Å². The normalized spacial score (nSPS) is 29.5. The van der Waals surface area contributed by atoms with E-state index in [1.54, 1.807) is 5.69 Å². The number of hydrogen-bond donors (Lipinski definition) is 1. The predicted octanol–water partition coefficient (Wildman–Crippen LogP) is 3.16. The number of hydrogen-bond acceptors (Lipinski definition) is 2. The van der Waals surface area contributed by atoms with Gasteiger partial charge in [0.2, 0.25) is 0 Å². The standard InChI is InChI=1S/C16H25N3/c1-16(2)7-5-12(9-16)19-14-6-8-17-10-13(14)18-15(19)11-3-4-11/h11-12,17H,3-10H2,1-2H3. The van der Waals surface area contributed by atoms with E-state index in [0.29, 0.717) is 5.41 Å². The van der Waals surface area contributed by atoms with Gasteiger partial charge < -0.3 is 9.88 Å². The lowest BCUT2D eigenvalue weighted by molar-refractivity contribution is 0.353. The van der Waals surface area contributed by atoms with Crippen molar-refractivity contribution < 1.29 is 0 Å². The van der Waals surface area contributed by atoms with Gasteiger partial charge in [0.25, 0.3) is 0 Å². The third kappa shape index (κ3) is 2.03. The number of nitrogens with one attached hydrogen (secondary N) is 1. The molecular formula is C16H25N3. The van der Waals surface area contributed by atoms with Gasteiger partial charge in [0.1, 0.15) is 5.82 Å². The lowest BCUT2D eigenvalue weighted by atomic mass is 9.91. The van der Waals surface area contributed by atoms with E-state index in [2.05, 4.69) is 23.7 Å². The quantitative estimate of drug-likeness (QED) is 0.884. The average Bonchev–Trinajstić information content (AvgIpc) is 3.06. The van der Waals surface area contributed by atoms with Crippen LogP contribution in [0.1, 0.15) is 75.1 Å². The Kier molecular flexibility index (Phi) is 2.57. The lowest BCUT2D eigenvalue weighted by Crippen LogP contribution is -2.26. The van der Waals surface area contributed by atoms with Crippen molar-refractivity contribution in [3.8, 4) is 0 Å². The average molecular weight is 259 g/mol. The summed E-state index contributed by atoms with van der Waals surface area (Å²) in [5.74, 6) is 2.20. The Hall–Kier alpha value is -0.830. The van der Waals surface area contributed by atoms with Crippen molar-refractivity contribution in [2.45, 2.75) is 70.9 Å². The van der Waals surface area contributed by atoms with Crippen molar-refractivity contribution in [2.24, 2.45) is 5.41 Å². The summed E-state index contributed by atoms with van der Waals surface area (Å²) in [6.45, 7) is 6.96. The lowest BCUT2D eigenvalue weighted by Gasteiger charge is -2.23. The highest BCUT2D eigenvalue weighted by atomic mass is 15.2. The number of fused-ring (bicyclic) bond motifs is 1. The van der Waals surface area contributed by atoms with Crippen molar-refractivity contribution in [1.82, 2.24) is 14.9 Å². The number of aromatic nitrogens is 2. The van der Waals surface area contributed by atoms with Gasteiger partial charge in [-0.1, -0.05) is 13.8 Å². The van der Waals surface area contributed by atoms with E-state index < -0.39 is 0 Å². The van der Waals surface area contributed by atoms with Gasteiger partial charge in [-0.2, -0.15) is 0 Å². The first-order valence-corrected chi connectivity index (χ1v) is 7.95. The van der Waals surface area contributed by atoms with E-state index in [-0.39, 0.29) is 0 Å². The molecule has 1 N–H and O–H groups in total. The van der Waals surface area contributed by atoms with Crippen LogP contribution in [-0.2, 0) is 13.0 Å². The fraction of sp³-hybridized carbons (Fsp3) is 0.812. The largest absolute Gasteiger partial charge is 0.328 e. The smallest absolute Gasteiger partial charge is 0.112 e. The molecule has 0 amide bonds. The second-order valence-corrected chi connectivity index (χ2v) is 7.50. The molecule has 0 spiro atoms. The van der Waals surface area contributed by atoms with E-state index >= 15 is 0 Å². The monoisotopic (exact) mass is 259 g/mol. The van der Waals surface area contributed by atoms with Crippen LogP contribution in [0.2, 0.25) is 0 Å². The summed E-state index contributed by atoms with van der Waals surface area (Å²) in [5.41, 5.74) is 3.43. The van der Waals surface area contributed by atoms with Crippen LogP contribution in [-0.4, -0.2) is 16.1 Å². The molecule has 1 aromatic heterocycles. The van der Waals surface area contributed by atoms with Gasteiger partial charge in [0.15, 0.2) is 0 Å². The molecule has 3 nitrogen and oxygen atoms in total. The van der Waals surface area contributed by atoms with Crippen LogP contribution in [0.25, 0.3) is 0 Å². The number of nitrogens with zero attached hydrogens (tertiary/aromatic N) is 2. The molecule has 1 atom stereocenters. The molecular weight excluding hydrogens is 234 g/mol. The maximum absolute atomic E-state index is 5.01. The number of rotatable bonds is 2. The Morgan fingerprint density at radius 2 is 2.11 bits per heavy atom. The van der Waals surface area contributed by atoms with Crippen LogP contribution in [0, 0.1) is 5.41 Å². The second kappa shape index (κ2) is 4.08. The summed E-state index contributed by atoms with van der Waals surface area (Å²) in [4.78, 5) is 5.01. The van der Waals surface area contributed by atoms with Crippen LogP contribution in [0.3, 0.4) is 0 Å². The van der Waals surface area contributed by atoms with E-state index in [9.17, 15) is 0 Å². The molecule has 1 aromatic rings. The molecule has 3 heteroatoms. The van der Waals surface area contributed by atoms with Gasteiger partial charge in [-0.3, -0.25) is 0 Å². The van der Waals surface area contributed by atoms with Gasteiger partial charge >= 0.3 is 0 Å². The highest BCUT2D eigenvalue weighted by Crippen LogP contribution is 2.48. The fourth-order valence-corrected chi connectivity index (χ4v) is 4.01. The maximum Gasteiger partial charge on any atom is 0.112 e. The molecule has 0 bridgehead atoms. The zero-order valence-corrected chi connectivity index (χ0v) is 12.2. The van der Waals surface area contributed by atoms with Gasteiger partial charge in [-0.15, -0.1) is 0 Å². The van der Waals surface area contributed by atoms with Gasteiger partial charge in [-0.25, -0.2) is 4.98 Å². The molecule has 2 heterocycles. The Morgan fingerprint density at radius 1 is 1.26 bits per heavy atom. The highest BCUT2D eigenvalue weighted by molar-refractivity contribution is 5.25. The van der Waals surface area contributed by atoms with E-state index in [1.165, 1.54) is 50.0 Å². The van der Waals surface area contributed by atoms with E-state index in [0.717, 1.165) is 25.0 Å². The summed E-state index contributed by atoms with van der Waals surface area (Å²) in [7, 11) is 0. The molecule has 1 unspecified atom stereocenters. The van der Waals surface area contributed by atoms with Crippen molar-refractivity contribution >= 4 is 0 Å². The van der Waals surface area contributed by atoms with Crippen molar-refractivity contribution in [2.75, 3.05) is 6.54 Å². The first-order valence-electron chi connectivity index (χ1n) is 7.95. The topological polar surface area (TPSA) is 29.9 Å². The Labute approximate surface area is 115 Å². The molecule has 104 valence electrons. The zero-order valence-electron chi connectivity index (χ0n) is 12.2. The Morgan fingerprint density at radius 3 is 2.79 bits per heavy atom. The van der Waals surface area contributed by atoms with Crippen LogP contribution >= 0.6 is 0 Å². The molecule has 19 heavy (non-hydrogen) atoms. The molecule has 4 rings (SSSR count). The minimum Gasteiger partial charge on any atom is -0.328 e. The van der Waals surface area contributed by atoms with Crippen LogP contribution in [0.5, 0.6) is 0 Å². The molecule has 3 aliphatic rings. The summed E-state index contributed by atoms with van der Waals surface area (Å²) >= 11 is 0. The van der Waals surface area contributed by atoms with Gasteiger partial charge in [0, 0.05) is 37.2 Å². The predicted molar refractivity (Wildman–Crippen MR) is 76.3 cm³/mol. The highest BCUT2D eigenvalue weighted by Gasteiger charge is 2.38. The second-order valence-electron chi connectivity index (χ2n) is 7.50. The number of imidazole rings is 1. The summed E-state index contributed by atoms with van der Waals surface area (Å²) in [6.07, 6.45) is 7.95. The minimum absolute atomic E-state index is 0.523. The molecule has 2 saturated carbocycles. The molecule has 2 aliphatic carbocycles. The van der Waals surface area contributed by atoms with E-state index in [4.69, 9.17) is 4.98 Å².